The Morgan fingerprint density at radius 1 is 1.16 bits per heavy atom. The maximum atomic E-state index is 5.47. The van der Waals surface area contributed by atoms with Crippen molar-refractivity contribution in [3.8, 4) is 11.4 Å². The van der Waals surface area contributed by atoms with E-state index < -0.39 is 0 Å². The van der Waals surface area contributed by atoms with Crippen LogP contribution in [0.15, 0.2) is 59.4 Å². The van der Waals surface area contributed by atoms with Crippen LogP contribution in [0.5, 0.6) is 0 Å². The van der Waals surface area contributed by atoms with Gasteiger partial charge in [0.1, 0.15) is 0 Å². The molecule has 1 fully saturated rings. The first-order valence-corrected chi connectivity index (χ1v) is 8.13. The molecule has 1 aromatic carbocycles. The van der Waals surface area contributed by atoms with E-state index >= 15 is 0 Å². The Morgan fingerprint density at radius 3 is 2.84 bits per heavy atom. The van der Waals surface area contributed by atoms with Crippen molar-refractivity contribution in [2.75, 3.05) is 19.6 Å². The lowest BCUT2D eigenvalue weighted by atomic mass is 10.1. The molecule has 1 unspecified atom stereocenters. The number of piperazine rings is 1. The highest BCUT2D eigenvalue weighted by Crippen LogP contribution is 2.24. The molecule has 0 saturated carbocycles. The zero-order valence-electron chi connectivity index (χ0n) is 13.7. The highest BCUT2D eigenvalue weighted by Gasteiger charge is 2.25. The Morgan fingerprint density at radius 2 is 2.04 bits per heavy atom. The first-order chi connectivity index (χ1) is 11.9. The summed E-state index contributed by atoms with van der Waals surface area (Å²) in [6.45, 7) is 3.42. The SMILES string of the molecule is Cl.c1ccc(-c2noc(CN3CCNCC3c3cccnc3)n2)cc1. The lowest BCUT2D eigenvalue weighted by Gasteiger charge is -2.35. The topological polar surface area (TPSA) is 67.1 Å². The van der Waals surface area contributed by atoms with Gasteiger partial charge in [-0.05, 0) is 11.6 Å². The molecule has 1 atom stereocenters. The maximum Gasteiger partial charge on any atom is 0.241 e. The highest BCUT2D eigenvalue weighted by atomic mass is 35.5. The minimum absolute atomic E-state index is 0. The van der Waals surface area contributed by atoms with Gasteiger partial charge < -0.3 is 9.84 Å². The molecule has 7 heteroatoms. The number of pyridine rings is 1. The zero-order valence-corrected chi connectivity index (χ0v) is 14.5. The molecule has 1 aliphatic heterocycles. The number of halogens is 1. The molecule has 25 heavy (non-hydrogen) atoms. The third-order valence-electron chi connectivity index (χ3n) is 4.26. The van der Waals surface area contributed by atoms with Gasteiger partial charge in [-0.3, -0.25) is 9.88 Å². The number of benzene rings is 1. The van der Waals surface area contributed by atoms with Crippen molar-refractivity contribution in [3.05, 3.63) is 66.3 Å². The quantitative estimate of drug-likeness (QED) is 0.774. The fraction of sp³-hybridized carbons (Fsp3) is 0.278. The second-order valence-corrected chi connectivity index (χ2v) is 5.85. The van der Waals surface area contributed by atoms with Crippen molar-refractivity contribution >= 4 is 12.4 Å². The van der Waals surface area contributed by atoms with E-state index in [4.69, 9.17) is 4.52 Å². The number of nitrogens with zero attached hydrogens (tertiary/aromatic N) is 4. The molecule has 0 aliphatic carbocycles. The molecule has 0 spiro atoms. The van der Waals surface area contributed by atoms with Crippen LogP contribution >= 0.6 is 12.4 Å². The molecule has 4 rings (SSSR count). The summed E-state index contributed by atoms with van der Waals surface area (Å²) in [6.07, 6.45) is 3.72. The van der Waals surface area contributed by atoms with E-state index in [0.29, 0.717) is 18.3 Å². The van der Waals surface area contributed by atoms with Gasteiger partial charge in [0.15, 0.2) is 0 Å². The van der Waals surface area contributed by atoms with Crippen molar-refractivity contribution in [2.24, 2.45) is 0 Å². The summed E-state index contributed by atoms with van der Waals surface area (Å²) in [5.74, 6) is 1.28. The summed E-state index contributed by atoms with van der Waals surface area (Å²) in [5.41, 5.74) is 2.17. The minimum atomic E-state index is 0. The molecule has 1 saturated heterocycles. The van der Waals surface area contributed by atoms with Gasteiger partial charge in [0.25, 0.3) is 0 Å². The Balaban J connectivity index is 0.00000182. The van der Waals surface area contributed by atoms with Crippen LogP contribution < -0.4 is 5.32 Å². The van der Waals surface area contributed by atoms with Gasteiger partial charge in [-0.15, -0.1) is 12.4 Å². The van der Waals surface area contributed by atoms with Crippen LogP contribution in [0.4, 0.5) is 0 Å². The highest BCUT2D eigenvalue weighted by molar-refractivity contribution is 5.85. The van der Waals surface area contributed by atoms with E-state index in [1.54, 1.807) is 6.20 Å². The van der Waals surface area contributed by atoms with Crippen LogP contribution in [0.1, 0.15) is 17.5 Å². The van der Waals surface area contributed by atoms with E-state index in [1.165, 1.54) is 5.56 Å². The number of rotatable bonds is 4. The zero-order chi connectivity index (χ0) is 16.2. The minimum Gasteiger partial charge on any atom is -0.338 e. The van der Waals surface area contributed by atoms with Crippen molar-refractivity contribution in [3.63, 3.8) is 0 Å². The fourth-order valence-electron chi connectivity index (χ4n) is 3.03. The van der Waals surface area contributed by atoms with Gasteiger partial charge in [-0.2, -0.15) is 4.98 Å². The standard InChI is InChI=1S/C18H19N5O.ClH/c1-2-5-14(6-3-1)18-21-17(24-22-18)13-23-10-9-20-12-16(23)15-7-4-8-19-11-15;/h1-8,11,16,20H,9-10,12-13H2;1H. The molecule has 3 aromatic rings. The summed E-state index contributed by atoms with van der Waals surface area (Å²) in [4.78, 5) is 11.1. The molecular weight excluding hydrogens is 338 g/mol. The largest absolute Gasteiger partial charge is 0.338 e. The van der Waals surface area contributed by atoms with Crippen LogP contribution in [0, 0.1) is 0 Å². The fourth-order valence-corrected chi connectivity index (χ4v) is 3.03. The van der Waals surface area contributed by atoms with Crippen LogP contribution in [0.3, 0.4) is 0 Å². The van der Waals surface area contributed by atoms with Gasteiger partial charge in [-0.1, -0.05) is 41.6 Å². The van der Waals surface area contributed by atoms with Gasteiger partial charge >= 0.3 is 0 Å². The summed E-state index contributed by atoms with van der Waals surface area (Å²) < 4.78 is 5.47. The monoisotopic (exact) mass is 357 g/mol. The number of aromatic nitrogens is 3. The maximum absolute atomic E-state index is 5.47. The summed E-state index contributed by atoms with van der Waals surface area (Å²) >= 11 is 0. The van der Waals surface area contributed by atoms with Crippen molar-refractivity contribution in [1.82, 2.24) is 25.3 Å². The van der Waals surface area contributed by atoms with E-state index in [0.717, 1.165) is 25.2 Å². The average Bonchev–Trinajstić information content (AvgIpc) is 3.12. The molecule has 6 nitrogen and oxygen atoms in total. The van der Waals surface area contributed by atoms with E-state index in [1.807, 2.05) is 42.6 Å². The van der Waals surface area contributed by atoms with E-state index in [9.17, 15) is 0 Å². The van der Waals surface area contributed by atoms with Gasteiger partial charge in [0.05, 0.1) is 6.54 Å². The number of nitrogens with one attached hydrogen (secondary N) is 1. The summed E-state index contributed by atoms with van der Waals surface area (Å²) in [7, 11) is 0. The molecule has 0 radical (unpaired) electrons. The molecule has 2 aromatic heterocycles. The van der Waals surface area contributed by atoms with Crippen molar-refractivity contribution < 1.29 is 4.52 Å². The smallest absolute Gasteiger partial charge is 0.241 e. The number of hydrogen-bond donors (Lipinski definition) is 1. The Kier molecular flexibility index (Phi) is 5.75. The van der Waals surface area contributed by atoms with Gasteiger partial charge in [-0.25, -0.2) is 0 Å². The predicted molar refractivity (Wildman–Crippen MR) is 97.2 cm³/mol. The molecule has 1 N–H and O–H groups in total. The van der Waals surface area contributed by atoms with Gasteiger partial charge in [0.2, 0.25) is 11.7 Å². The first-order valence-electron chi connectivity index (χ1n) is 8.13. The third kappa shape index (κ3) is 4.04. The molecular formula is C18H20ClN5O. The lowest BCUT2D eigenvalue weighted by molar-refractivity contribution is 0.135. The second-order valence-electron chi connectivity index (χ2n) is 5.85. The molecule has 0 bridgehead atoms. The van der Waals surface area contributed by atoms with E-state index in [2.05, 4.69) is 31.4 Å². The summed E-state index contributed by atoms with van der Waals surface area (Å²) in [5, 5.41) is 7.55. The Labute approximate surface area is 152 Å². The average molecular weight is 358 g/mol. The second kappa shape index (κ2) is 8.20. The molecule has 1 aliphatic rings. The van der Waals surface area contributed by atoms with Crippen LogP contribution in [0.25, 0.3) is 11.4 Å². The van der Waals surface area contributed by atoms with Crippen LogP contribution in [-0.2, 0) is 6.54 Å². The predicted octanol–water partition coefficient (Wildman–Crippen LogP) is 2.70. The Hall–Kier alpha value is -2.28. The summed E-state index contributed by atoms with van der Waals surface area (Å²) in [6, 6.07) is 14.2. The number of hydrogen-bond acceptors (Lipinski definition) is 6. The van der Waals surface area contributed by atoms with Crippen LogP contribution in [0.2, 0.25) is 0 Å². The normalized spacial score (nSPS) is 17.8. The lowest BCUT2D eigenvalue weighted by Crippen LogP contribution is -2.45. The van der Waals surface area contributed by atoms with E-state index in [-0.39, 0.29) is 18.4 Å². The van der Waals surface area contributed by atoms with Crippen molar-refractivity contribution in [1.29, 1.82) is 0 Å². The molecule has 3 heterocycles. The van der Waals surface area contributed by atoms with Gasteiger partial charge in [0, 0.05) is 43.6 Å². The molecule has 0 amide bonds. The molecule has 130 valence electrons. The first kappa shape index (κ1) is 17.5. The third-order valence-corrected chi connectivity index (χ3v) is 4.26. The van der Waals surface area contributed by atoms with Crippen molar-refractivity contribution in [2.45, 2.75) is 12.6 Å². The van der Waals surface area contributed by atoms with Crippen LogP contribution in [-0.4, -0.2) is 39.7 Å². The Bertz CT molecular complexity index is 780.